The van der Waals surface area contributed by atoms with Crippen LogP contribution in [0.4, 0.5) is 10.5 Å². The summed E-state index contributed by atoms with van der Waals surface area (Å²) in [7, 11) is -2.15. The number of para-hydroxylation sites is 2. The first kappa shape index (κ1) is 21.2. The third kappa shape index (κ3) is 5.95. The van der Waals surface area contributed by atoms with Crippen LogP contribution in [0.2, 0.25) is 0 Å². The van der Waals surface area contributed by atoms with Gasteiger partial charge in [0.05, 0.1) is 5.69 Å². The monoisotopic (exact) mass is 394 g/mol. The predicted molar refractivity (Wildman–Crippen MR) is 117 cm³/mol. The maximum absolute atomic E-state index is 12.7. The summed E-state index contributed by atoms with van der Waals surface area (Å²) < 4.78 is 5.35. The van der Waals surface area contributed by atoms with Crippen molar-refractivity contribution in [2.24, 2.45) is 0 Å². The molecule has 2 amide bonds. The second kappa shape index (κ2) is 10.9. The Kier molecular flexibility index (Phi) is 8.22. The molecule has 3 rings (SSSR count). The number of allylic oxidation sites excluding steroid dienone is 4. The number of hydrogen-bond acceptors (Lipinski definition) is 3. The van der Waals surface area contributed by atoms with Crippen molar-refractivity contribution in [3.63, 3.8) is 0 Å². The number of benzene rings is 2. The molecule has 1 aliphatic rings. The van der Waals surface area contributed by atoms with Crippen molar-refractivity contribution in [3.8, 4) is 5.75 Å². The molecule has 2 aromatic rings. The van der Waals surface area contributed by atoms with Crippen molar-refractivity contribution < 1.29 is 14.2 Å². The second-order valence-corrected chi connectivity index (χ2v) is 6.55. The van der Waals surface area contributed by atoms with Gasteiger partial charge in [-0.25, -0.2) is 4.79 Å². The number of amides is 2. The number of hydrogen-bond donors (Lipinski definition) is 2. The summed E-state index contributed by atoms with van der Waals surface area (Å²) in [5.41, 5.74) is 2.37. The van der Waals surface area contributed by atoms with Gasteiger partial charge in [0, 0.05) is 6.20 Å². The molecule has 0 bridgehead atoms. The van der Waals surface area contributed by atoms with Crippen molar-refractivity contribution in [2.75, 3.05) is 4.90 Å². The van der Waals surface area contributed by atoms with E-state index >= 15 is 0 Å². The van der Waals surface area contributed by atoms with Crippen LogP contribution >= 0.6 is 8.53 Å². The Balaban J connectivity index is 0.000000878. The molecule has 0 aromatic heterocycles. The van der Waals surface area contributed by atoms with Gasteiger partial charge in [-0.15, -0.1) is 6.58 Å². The summed E-state index contributed by atoms with van der Waals surface area (Å²) in [5, 5.41) is 2.49. The van der Waals surface area contributed by atoms with E-state index in [0.717, 1.165) is 11.1 Å². The maximum Gasteiger partial charge on any atom is 0.351 e. The molecule has 1 heterocycles. The lowest BCUT2D eigenvalue weighted by Crippen LogP contribution is -2.34. The summed E-state index contributed by atoms with van der Waals surface area (Å²) in [6.45, 7) is 9.00. The van der Waals surface area contributed by atoms with Crippen LogP contribution in [-0.2, 0) is 0 Å². The van der Waals surface area contributed by atoms with Crippen molar-refractivity contribution in [3.05, 3.63) is 103 Å². The summed E-state index contributed by atoms with van der Waals surface area (Å²) in [6.07, 6.45) is 8.86. The Morgan fingerprint density at radius 1 is 1.11 bits per heavy atom. The summed E-state index contributed by atoms with van der Waals surface area (Å²) in [4.78, 5) is 24.2. The van der Waals surface area contributed by atoms with Crippen LogP contribution in [0, 0.1) is 0 Å². The lowest BCUT2D eigenvalue weighted by atomic mass is 10.1. The van der Waals surface area contributed by atoms with Gasteiger partial charge < -0.3 is 9.42 Å². The highest BCUT2D eigenvalue weighted by atomic mass is 31.2. The van der Waals surface area contributed by atoms with Gasteiger partial charge in [0.1, 0.15) is 5.75 Å². The highest BCUT2D eigenvalue weighted by molar-refractivity contribution is 7.45. The molecule has 1 unspecified atom stereocenters. The Morgan fingerprint density at radius 2 is 1.75 bits per heavy atom. The Labute approximate surface area is 166 Å². The lowest BCUT2D eigenvalue weighted by Gasteiger charge is -2.22. The van der Waals surface area contributed by atoms with Crippen LogP contribution in [-0.4, -0.2) is 10.9 Å². The maximum atomic E-state index is 12.7. The van der Waals surface area contributed by atoms with E-state index in [1.54, 1.807) is 42.6 Å². The Bertz CT molecular complexity index is 878. The number of carbonyl (C=O) groups is 1. The van der Waals surface area contributed by atoms with Crippen LogP contribution in [0.15, 0.2) is 97.8 Å². The minimum Gasteiger partial charge on any atom is -0.432 e. The largest absolute Gasteiger partial charge is 0.432 e. The molecule has 1 atom stereocenters. The van der Waals surface area contributed by atoms with Gasteiger partial charge in [-0.1, -0.05) is 67.3 Å². The number of rotatable bonds is 4. The standard InChI is InChI=1S/C19H17N2O3P.C3H6/c1-2-15-12-13-16-8-6-7-11-18(16)21(14-15)19(22)20-25(23)24-17-9-4-3-5-10-17;1-3-2/h2-14,23H,1H2,(H,20,22);3H,1H2,2H3. The van der Waals surface area contributed by atoms with Gasteiger partial charge in [-0.3, -0.25) is 9.99 Å². The fraction of sp³-hybridized carbons (Fsp3) is 0.0455. The van der Waals surface area contributed by atoms with E-state index in [1.165, 1.54) is 4.90 Å². The van der Waals surface area contributed by atoms with Crippen molar-refractivity contribution in [1.29, 1.82) is 0 Å². The quantitative estimate of drug-likeness (QED) is 0.510. The number of anilines is 1. The van der Waals surface area contributed by atoms with E-state index in [2.05, 4.69) is 18.2 Å². The molecule has 28 heavy (non-hydrogen) atoms. The topological polar surface area (TPSA) is 61.8 Å². The number of urea groups is 1. The van der Waals surface area contributed by atoms with E-state index < -0.39 is 14.6 Å². The van der Waals surface area contributed by atoms with Crippen LogP contribution in [0.3, 0.4) is 0 Å². The van der Waals surface area contributed by atoms with E-state index in [0.29, 0.717) is 11.4 Å². The zero-order valence-corrected chi connectivity index (χ0v) is 16.5. The van der Waals surface area contributed by atoms with Crippen molar-refractivity contribution in [1.82, 2.24) is 5.09 Å². The fourth-order valence-electron chi connectivity index (χ4n) is 2.32. The minimum atomic E-state index is -2.15. The first-order valence-corrected chi connectivity index (χ1v) is 9.80. The van der Waals surface area contributed by atoms with Crippen molar-refractivity contribution >= 4 is 26.3 Å². The molecule has 5 nitrogen and oxygen atoms in total. The zero-order valence-electron chi connectivity index (χ0n) is 15.7. The average molecular weight is 394 g/mol. The molecule has 6 heteroatoms. The first-order chi connectivity index (χ1) is 13.6. The molecule has 0 fully saturated rings. The van der Waals surface area contributed by atoms with Gasteiger partial charge in [0.25, 0.3) is 0 Å². The van der Waals surface area contributed by atoms with E-state index in [9.17, 15) is 9.69 Å². The first-order valence-electron chi connectivity index (χ1n) is 8.59. The highest BCUT2D eigenvalue weighted by Gasteiger charge is 2.21. The molecule has 0 spiro atoms. The Hall–Kier alpha value is -3.14. The van der Waals surface area contributed by atoms with E-state index in [4.69, 9.17) is 4.52 Å². The summed E-state index contributed by atoms with van der Waals surface area (Å²) in [5.74, 6) is 0.483. The molecule has 0 saturated carbocycles. The molecule has 0 aliphatic carbocycles. The molecule has 0 radical (unpaired) electrons. The van der Waals surface area contributed by atoms with Gasteiger partial charge in [0.2, 0.25) is 0 Å². The van der Waals surface area contributed by atoms with Gasteiger partial charge in [0.15, 0.2) is 0 Å². The van der Waals surface area contributed by atoms with E-state index in [-0.39, 0.29) is 0 Å². The smallest absolute Gasteiger partial charge is 0.351 e. The molecule has 1 aliphatic heterocycles. The second-order valence-electron chi connectivity index (χ2n) is 5.60. The lowest BCUT2D eigenvalue weighted by molar-refractivity contribution is 0.252. The fourth-order valence-corrected chi connectivity index (χ4v) is 2.96. The summed E-state index contributed by atoms with van der Waals surface area (Å²) >= 11 is 0. The highest BCUT2D eigenvalue weighted by Crippen LogP contribution is 2.32. The number of nitrogens with zero attached hydrogens (tertiary/aromatic N) is 1. The van der Waals surface area contributed by atoms with Crippen LogP contribution in [0.5, 0.6) is 5.75 Å². The van der Waals surface area contributed by atoms with Crippen LogP contribution < -0.4 is 14.5 Å². The minimum absolute atomic E-state index is 0.483. The SMILES string of the molecule is C=CC.C=CC1=CN(C(=O)NP(O)Oc2ccccc2)c2ccccc2C=C1. The van der Waals surface area contributed by atoms with Gasteiger partial charge in [-0.05, 0) is 36.3 Å². The predicted octanol–water partition coefficient (Wildman–Crippen LogP) is 5.79. The zero-order chi connectivity index (χ0) is 20.4. The molecule has 2 aromatic carbocycles. The summed E-state index contributed by atoms with van der Waals surface area (Å²) in [6, 6.07) is 15.8. The molecule has 2 N–H and O–H groups in total. The number of nitrogens with one attached hydrogen (secondary N) is 1. The van der Waals surface area contributed by atoms with Gasteiger partial charge >= 0.3 is 14.6 Å². The molecular weight excluding hydrogens is 371 g/mol. The number of carbonyl (C=O) groups excluding carboxylic acids is 1. The number of fused-ring (bicyclic) bond motifs is 1. The molecule has 144 valence electrons. The third-order valence-corrected chi connectivity index (χ3v) is 4.28. The molecule has 0 saturated heterocycles. The Morgan fingerprint density at radius 3 is 2.43 bits per heavy atom. The van der Waals surface area contributed by atoms with Gasteiger partial charge in [-0.2, -0.15) is 0 Å². The van der Waals surface area contributed by atoms with Crippen LogP contribution in [0.25, 0.3) is 6.08 Å². The average Bonchev–Trinajstić information content (AvgIpc) is 2.89. The van der Waals surface area contributed by atoms with Crippen LogP contribution in [0.1, 0.15) is 12.5 Å². The third-order valence-electron chi connectivity index (χ3n) is 3.51. The molecular formula is C22H23N2O3P. The van der Waals surface area contributed by atoms with Crippen molar-refractivity contribution in [2.45, 2.75) is 6.92 Å². The van der Waals surface area contributed by atoms with E-state index in [1.807, 2.05) is 49.4 Å². The normalized spacial score (nSPS) is 12.9.